The van der Waals surface area contributed by atoms with E-state index in [0.717, 1.165) is 24.3 Å². The monoisotopic (exact) mass is 260 g/mol. The summed E-state index contributed by atoms with van der Waals surface area (Å²) in [7, 11) is 0. The Morgan fingerprint density at radius 1 is 1.17 bits per heavy atom. The van der Waals surface area contributed by atoms with Gasteiger partial charge in [0.1, 0.15) is 0 Å². The Hall–Kier alpha value is -1.54. The SMILES string of the molecule is CCN(Cc1ccccc1)c1cnccc1CCl. The molecule has 0 radical (unpaired) electrons. The Balaban J connectivity index is 2.23. The Morgan fingerprint density at radius 2 is 1.94 bits per heavy atom. The zero-order chi connectivity index (χ0) is 12.8. The van der Waals surface area contributed by atoms with Crippen molar-refractivity contribution < 1.29 is 0 Å². The summed E-state index contributed by atoms with van der Waals surface area (Å²) in [5.41, 5.74) is 3.55. The smallest absolute Gasteiger partial charge is 0.0600 e. The number of aromatic nitrogens is 1. The second-order valence-electron chi connectivity index (χ2n) is 4.14. The van der Waals surface area contributed by atoms with E-state index >= 15 is 0 Å². The molecule has 2 nitrogen and oxygen atoms in total. The fourth-order valence-electron chi connectivity index (χ4n) is 1.98. The first-order valence-corrected chi connectivity index (χ1v) is 6.66. The zero-order valence-corrected chi connectivity index (χ0v) is 11.3. The van der Waals surface area contributed by atoms with Crippen LogP contribution in [0.2, 0.25) is 0 Å². The predicted octanol–water partition coefficient (Wildman–Crippen LogP) is 3.85. The molecule has 0 aliphatic heterocycles. The first-order chi connectivity index (χ1) is 8.85. The maximum Gasteiger partial charge on any atom is 0.0600 e. The quantitative estimate of drug-likeness (QED) is 0.760. The van der Waals surface area contributed by atoms with E-state index in [0.29, 0.717) is 5.88 Å². The van der Waals surface area contributed by atoms with Gasteiger partial charge < -0.3 is 4.90 Å². The van der Waals surface area contributed by atoms with Gasteiger partial charge in [-0.15, -0.1) is 11.6 Å². The first-order valence-electron chi connectivity index (χ1n) is 6.13. The molecule has 0 aliphatic carbocycles. The third kappa shape index (κ3) is 3.02. The van der Waals surface area contributed by atoms with Crippen LogP contribution in [0.1, 0.15) is 18.1 Å². The normalized spacial score (nSPS) is 10.3. The molecule has 2 rings (SSSR count). The van der Waals surface area contributed by atoms with Crippen molar-refractivity contribution in [2.75, 3.05) is 11.4 Å². The Bertz CT molecular complexity index is 485. The molecular formula is C15H17ClN2. The van der Waals surface area contributed by atoms with Crippen LogP contribution in [0.4, 0.5) is 5.69 Å². The van der Waals surface area contributed by atoms with E-state index in [9.17, 15) is 0 Å². The van der Waals surface area contributed by atoms with Crippen LogP contribution in [0.3, 0.4) is 0 Å². The van der Waals surface area contributed by atoms with E-state index in [1.54, 1.807) is 6.20 Å². The van der Waals surface area contributed by atoms with Gasteiger partial charge in [0.15, 0.2) is 0 Å². The molecule has 0 aliphatic rings. The molecular weight excluding hydrogens is 244 g/mol. The van der Waals surface area contributed by atoms with Gasteiger partial charge in [-0.3, -0.25) is 4.98 Å². The van der Waals surface area contributed by atoms with Gasteiger partial charge in [0, 0.05) is 25.2 Å². The molecule has 0 unspecified atom stereocenters. The fourth-order valence-corrected chi connectivity index (χ4v) is 2.21. The van der Waals surface area contributed by atoms with Crippen LogP contribution >= 0.6 is 11.6 Å². The molecule has 2 aromatic rings. The van der Waals surface area contributed by atoms with E-state index in [4.69, 9.17) is 11.6 Å². The van der Waals surface area contributed by atoms with Crippen molar-refractivity contribution in [3.63, 3.8) is 0 Å². The molecule has 0 fully saturated rings. The Morgan fingerprint density at radius 3 is 2.61 bits per heavy atom. The standard InChI is InChI=1S/C15H17ClN2/c1-2-18(12-13-6-4-3-5-7-13)15-11-17-9-8-14(15)10-16/h3-9,11H,2,10,12H2,1H3. The van der Waals surface area contributed by atoms with Crippen LogP contribution in [0, 0.1) is 0 Å². The highest BCUT2D eigenvalue weighted by Crippen LogP contribution is 2.22. The molecule has 0 N–H and O–H groups in total. The number of hydrogen-bond acceptors (Lipinski definition) is 2. The van der Waals surface area contributed by atoms with Crippen molar-refractivity contribution >= 4 is 17.3 Å². The summed E-state index contributed by atoms with van der Waals surface area (Å²) in [4.78, 5) is 6.50. The summed E-state index contributed by atoms with van der Waals surface area (Å²) in [6.45, 7) is 3.96. The summed E-state index contributed by atoms with van der Waals surface area (Å²) in [5, 5.41) is 0. The largest absolute Gasteiger partial charge is 0.366 e. The molecule has 0 saturated heterocycles. The lowest BCUT2D eigenvalue weighted by Gasteiger charge is -2.25. The molecule has 1 aromatic carbocycles. The van der Waals surface area contributed by atoms with Crippen molar-refractivity contribution in [3.05, 3.63) is 59.9 Å². The molecule has 0 amide bonds. The fraction of sp³-hybridized carbons (Fsp3) is 0.267. The second-order valence-corrected chi connectivity index (χ2v) is 4.41. The molecule has 0 spiro atoms. The Kier molecular flexibility index (Phi) is 4.59. The third-order valence-corrected chi connectivity index (χ3v) is 3.26. The van der Waals surface area contributed by atoms with Gasteiger partial charge >= 0.3 is 0 Å². The van der Waals surface area contributed by atoms with Crippen LogP contribution in [-0.2, 0) is 12.4 Å². The minimum Gasteiger partial charge on any atom is -0.366 e. The van der Waals surface area contributed by atoms with Crippen LogP contribution in [-0.4, -0.2) is 11.5 Å². The van der Waals surface area contributed by atoms with Gasteiger partial charge in [0.25, 0.3) is 0 Å². The van der Waals surface area contributed by atoms with Gasteiger partial charge in [-0.2, -0.15) is 0 Å². The predicted molar refractivity (Wildman–Crippen MR) is 77.0 cm³/mol. The van der Waals surface area contributed by atoms with E-state index in [-0.39, 0.29) is 0 Å². The lowest BCUT2D eigenvalue weighted by atomic mass is 10.1. The number of benzene rings is 1. The number of nitrogens with zero attached hydrogens (tertiary/aromatic N) is 2. The van der Waals surface area contributed by atoms with Crippen molar-refractivity contribution in [2.45, 2.75) is 19.3 Å². The average molecular weight is 261 g/mol. The number of alkyl halides is 1. The third-order valence-electron chi connectivity index (χ3n) is 2.97. The second kappa shape index (κ2) is 6.41. The van der Waals surface area contributed by atoms with Crippen molar-refractivity contribution in [3.8, 4) is 0 Å². The highest BCUT2D eigenvalue weighted by atomic mass is 35.5. The summed E-state index contributed by atoms with van der Waals surface area (Å²) >= 11 is 5.98. The minimum atomic E-state index is 0.517. The highest BCUT2D eigenvalue weighted by molar-refractivity contribution is 6.17. The lowest BCUT2D eigenvalue weighted by molar-refractivity contribution is 0.823. The number of anilines is 1. The number of rotatable bonds is 5. The Labute approximate surface area is 113 Å². The van der Waals surface area contributed by atoms with Crippen LogP contribution in [0.25, 0.3) is 0 Å². The van der Waals surface area contributed by atoms with Gasteiger partial charge in [-0.1, -0.05) is 30.3 Å². The van der Waals surface area contributed by atoms with Gasteiger partial charge in [-0.05, 0) is 24.1 Å². The number of hydrogen-bond donors (Lipinski definition) is 0. The minimum absolute atomic E-state index is 0.517. The maximum absolute atomic E-state index is 5.98. The van der Waals surface area contributed by atoms with Gasteiger partial charge in [0.05, 0.1) is 11.9 Å². The number of pyridine rings is 1. The van der Waals surface area contributed by atoms with Crippen molar-refractivity contribution in [2.24, 2.45) is 0 Å². The van der Waals surface area contributed by atoms with E-state index < -0.39 is 0 Å². The lowest BCUT2D eigenvalue weighted by Crippen LogP contribution is -2.23. The van der Waals surface area contributed by atoms with E-state index in [1.165, 1.54) is 5.56 Å². The van der Waals surface area contributed by atoms with Crippen LogP contribution in [0.15, 0.2) is 48.8 Å². The topological polar surface area (TPSA) is 16.1 Å². The molecule has 3 heteroatoms. The van der Waals surface area contributed by atoms with E-state index in [1.807, 2.05) is 18.3 Å². The van der Waals surface area contributed by atoms with Crippen molar-refractivity contribution in [1.82, 2.24) is 4.98 Å². The maximum atomic E-state index is 5.98. The molecule has 1 aromatic heterocycles. The summed E-state index contributed by atoms with van der Waals surface area (Å²) in [5.74, 6) is 0.517. The summed E-state index contributed by atoms with van der Waals surface area (Å²) < 4.78 is 0. The van der Waals surface area contributed by atoms with Crippen LogP contribution < -0.4 is 4.90 Å². The van der Waals surface area contributed by atoms with Gasteiger partial charge in [0.2, 0.25) is 0 Å². The summed E-state index contributed by atoms with van der Waals surface area (Å²) in [6, 6.07) is 12.4. The molecule has 0 saturated carbocycles. The van der Waals surface area contributed by atoms with E-state index in [2.05, 4.69) is 41.1 Å². The first kappa shape index (κ1) is 12.9. The highest BCUT2D eigenvalue weighted by Gasteiger charge is 2.09. The van der Waals surface area contributed by atoms with Crippen LogP contribution in [0.5, 0.6) is 0 Å². The molecule has 94 valence electrons. The van der Waals surface area contributed by atoms with Crippen molar-refractivity contribution in [1.29, 1.82) is 0 Å². The molecule has 18 heavy (non-hydrogen) atoms. The molecule has 0 bridgehead atoms. The molecule has 1 heterocycles. The molecule has 0 atom stereocenters. The number of halogens is 1. The zero-order valence-electron chi connectivity index (χ0n) is 10.5. The average Bonchev–Trinajstić information content (AvgIpc) is 2.46. The van der Waals surface area contributed by atoms with Gasteiger partial charge in [-0.25, -0.2) is 0 Å². The summed E-state index contributed by atoms with van der Waals surface area (Å²) in [6.07, 6.45) is 3.68.